The molecule has 7 heteroatoms. The van der Waals surface area contributed by atoms with Crippen molar-refractivity contribution >= 4 is 32.6 Å². The van der Waals surface area contributed by atoms with Gasteiger partial charge in [-0.3, -0.25) is 4.98 Å². The lowest BCUT2D eigenvalue weighted by molar-refractivity contribution is -0.175. The van der Waals surface area contributed by atoms with Crippen LogP contribution in [0.3, 0.4) is 0 Å². The van der Waals surface area contributed by atoms with Crippen LogP contribution in [0.4, 0.5) is 0 Å². The van der Waals surface area contributed by atoms with Gasteiger partial charge in [0.05, 0.1) is 18.7 Å². The third-order valence-corrected chi connectivity index (χ3v) is 6.20. The van der Waals surface area contributed by atoms with E-state index in [1.807, 2.05) is 24.4 Å². The zero-order valence-corrected chi connectivity index (χ0v) is 16.8. The molecule has 0 saturated carbocycles. The summed E-state index contributed by atoms with van der Waals surface area (Å²) in [6, 6.07) is 10.2. The SMILES string of the molecule is Cc1c2ccncc2c(CO[C@@H]2O[C@H](CO)C(O)C2O)c2c3ccccc3n(C)c12. The zero-order chi connectivity index (χ0) is 21.0. The van der Waals surface area contributed by atoms with Gasteiger partial charge < -0.3 is 29.4 Å². The smallest absolute Gasteiger partial charge is 0.187 e. The lowest BCUT2D eigenvalue weighted by Crippen LogP contribution is -2.34. The number of aliphatic hydroxyl groups is 3. The van der Waals surface area contributed by atoms with E-state index in [1.165, 1.54) is 0 Å². The molecule has 1 aliphatic rings. The molecule has 2 aromatic heterocycles. The third-order valence-electron chi connectivity index (χ3n) is 6.20. The maximum absolute atomic E-state index is 10.3. The van der Waals surface area contributed by atoms with Gasteiger partial charge >= 0.3 is 0 Å². The quantitative estimate of drug-likeness (QED) is 0.479. The van der Waals surface area contributed by atoms with E-state index in [-0.39, 0.29) is 13.2 Å². The summed E-state index contributed by atoms with van der Waals surface area (Å²) in [5.41, 5.74) is 4.36. The maximum atomic E-state index is 10.3. The summed E-state index contributed by atoms with van der Waals surface area (Å²) in [5.74, 6) is 0. The molecular weight excluding hydrogens is 384 g/mol. The predicted octanol–water partition coefficient (Wildman–Crippen LogP) is 2.14. The monoisotopic (exact) mass is 408 g/mol. The Balaban J connectivity index is 1.68. The van der Waals surface area contributed by atoms with Crippen LogP contribution in [0.2, 0.25) is 0 Å². The Morgan fingerprint density at radius 2 is 1.90 bits per heavy atom. The van der Waals surface area contributed by atoms with Crippen LogP contribution in [-0.2, 0) is 23.1 Å². The number of nitrogens with zero attached hydrogens (tertiary/aromatic N) is 2. The van der Waals surface area contributed by atoms with Crippen molar-refractivity contribution in [1.82, 2.24) is 9.55 Å². The van der Waals surface area contributed by atoms with Gasteiger partial charge in [-0.15, -0.1) is 0 Å². The Morgan fingerprint density at radius 1 is 1.10 bits per heavy atom. The number of aryl methyl sites for hydroxylation is 2. The molecule has 4 atom stereocenters. The van der Waals surface area contributed by atoms with Gasteiger partial charge in [-0.1, -0.05) is 18.2 Å². The fourth-order valence-corrected chi connectivity index (χ4v) is 4.68. The van der Waals surface area contributed by atoms with Gasteiger partial charge in [-0.25, -0.2) is 0 Å². The molecule has 3 heterocycles. The van der Waals surface area contributed by atoms with E-state index in [9.17, 15) is 15.3 Å². The van der Waals surface area contributed by atoms with Crippen LogP contribution < -0.4 is 0 Å². The Labute approximate surface area is 173 Å². The first-order valence-corrected chi connectivity index (χ1v) is 9.99. The minimum absolute atomic E-state index is 0.166. The van der Waals surface area contributed by atoms with E-state index in [4.69, 9.17) is 9.47 Å². The van der Waals surface area contributed by atoms with Gasteiger partial charge in [0.15, 0.2) is 6.29 Å². The number of aliphatic hydroxyl groups excluding tert-OH is 3. The highest BCUT2D eigenvalue weighted by atomic mass is 16.7. The molecular formula is C23H24N2O5. The van der Waals surface area contributed by atoms with Crippen molar-refractivity contribution in [2.24, 2.45) is 7.05 Å². The number of aromatic nitrogens is 2. The van der Waals surface area contributed by atoms with Crippen LogP contribution in [0.5, 0.6) is 0 Å². The summed E-state index contributed by atoms with van der Waals surface area (Å²) >= 11 is 0. The van der Waals surface area contributed by atoms with Gasteiger partial charge in [0, 0.05) is 41.1 Å². The van der Waals surface area contributed by atoms with E-state index >= 15 is 0 Å². The summed E-state index contributed by atoms with van der Waals surface area (Å²) < 4.78 is 13.6. The van der Waals surface area contributed by atoms with Gasteiger partial charge in [0.25, 0.3) is 0 Å². The van der Waals surface area contributed by atoms with Crippen molar-refractivity contribution in [3.05, 3.63) is 53.9 Å². The van der Waals surface area contributed by atoms with Crippen molar-refractivity contribution in [2.75, 3.05) is 6.61 Å². The van der Waals surface area contributed by atoms with E-state index in [0.717, 1.165) is 43.7 Å². The molecule has 2 aromatic carbocycles. The highest BCUT2D eigenvalue weighted by Crippen LogP contribution is 2.39. The summed E-state index contributed by atoms with van der Waals surface area (Å²) in [4.78, 5) is 4.32. The molecule has 0 bridgehead atoms. The Morgan fingerprint density at radius 3 is 2.67 bits per heavy atom. The molecule has 156 valence electrons. The lowest BCUT2D eigenvalue weighted by Gasteiger charge is -2.18. The molecule has 0 spiro atoms. The molecule has 3 N–H and O–H groups in total. The molecule has 1 aliphatic heterocycles. The second-order valence-electron chi connectivity index (χ2n) is 7.84. The molecule has 0 aliphatic carbocycles. The molecule has 30 heavy (non-hydrogen) atoms. The maximum Gasteiger partial charge on any atom is 0.187 e. The van der Waals surface area contributed by atoms with Crippen LogP contribution in [0.15, 0.2) is 42.7 Å². The third kappa shape index (κ3) is 2.74. The van der Waals surface area contributed by atoms with Crippen molar-refractivity contribution in [1.29, 1.82) is 0 Å². The predicted molar refractivity (Wildman–Crippen MR) is 113 cm³/mol. The average Bonchev–Trinajstić information content (AvgIpc) is 3.22. The molecule has 1 fully saturated rings. The first-order valence-electron chi connectivity index (χ1n) is 9.99. The summed E-state index contributed by atoms with van der Waals surface area (Å²) in [6.45, 7) is 1.89. The van der Waals surface area contributed by atoms with Crippen molar-refractivity contribution in [3.8, 4) is 0 Å². The number of benzene rings is 2. The molecule has 5 rings (SSSR count). The number of hydrogen-bond donors (Lipinski definition) is 3. The van der Waals surface area contributed by atoms with Crippen LogP contribution >= 0.6 is 0 Å². The van der Waals surface area contributed by atoms with Crippen molar-refractivity contribution in [2.45, 2.75) is 38.1 Å². The Kier molecular flexibility index (Phi) is 4.72. The zero-order valence-electron chi connectivity index (χ0n) is 16.8. The number of ether oxygens (including phenoxy) is 2. The molecule has 0 amide bonds. The fourth-order valence-electron chi connectivity index (χ4n) is 4.68. The molecule has 4 aromatic rings. The van der Waals surface area contributed by atoms with E-state index < -0.39 is 24.6 Å². The van der Waals surface area contributed by atoms with Crippen LogP contribution in [0, 0.1) is 6.92 Å². The highest BCUT2D eigenvalue weighted by molar-refractivity contribution is 6.16. The molecule has 7 nitrogen and oxygen atoms in total. The van der Waals surface area contributed by atoms with E-state index in [1.54, 1.807) is 6.20 Å². The van der Waals surface area contributed by atoms with Crippen LogP contribution in [0.25, 0.3) is 32.6 Å². The van der Waals surface area contributed by atoms with Gasteiger partial charge in [-0.05, 0) is 35.6 Å². The second-order valence-corrected chi connectivity index (χ2v) is 7.84. The topological polar surface area (TPSA) is 97.0 Å². The summed E-state index contributed by atoms with van der Waals surface area (Å²) in [7, 11) is 2.06. The average molecular weight is 408 g/mol. The first-order chi connectivity index (χ1) is 14.5. The van der Waals surface area contributed by atoms with Gasteiger partial charge in [0.1, 0.15) is 18.3 Å². The number of para-hydroxylation sites is 1. The minimum Gasteiger partial charge on any atom is -0.394 e. The summed E-state index contributed by atoms with van der Waals surface area (Å²) in [5, 5.41) is 33.9. The summed E-state index contributed by atoms with van der Waals surface area (Å²) in [6.07, 6.45) is -0.678. The minimum atomic E-state index is -1.22. The number of fused-ring (bicyclic) bond motifs is 4. The normalized spacial score (nSPS) is 24.4. The number of hydrogen-bond acceptors (Lipinski definition) is 6. The van der Waals surface area contributed by atoms with E-state index in [0.29, 0.717) is 0 Å². The highest BCUT2D eigenvalue weighted by Gasteiger charge is 2.43. The fraction of sp³-hybridized carbons (Fsp3) is 0.348. The largest absolute Gasteiger partial charge is 0.394 e. The molecule has 0 radical (unpaired) electrons. The van der Waals surface area contributed by atoms with Crippen molar-refractivity contribution < 1.29 is 24.8 Å². The molecule has 1 saturated heterocycles. The number of pyridine rings is 1. The van der Waals surface area contributed by atoms with Gasteiger partial charge in [0.2, 0.25) is 0 Å². The standard InChI is InChI=1S/C23H24N2O5/c1-12-13-7-8-24-9-15(13)16(11-29-23-22(28)21(27)18(10-26)30-23)19-14-5-3-4-6-17(14)25(2)20(12)19/h3-9,18,21-23,26-28H,10-11H2,1-2H3/t18-,21?,22?,23-/m1/s1. The van der Waals surface area contributed by atoms with Crippen LogP contribution in [-0.4, -0.2) is 56.1 Å². The molecule has 2 unspecified atom stereocenters. The van der Waals surface area contributed by atoms with Gasteiger partial charge in [-0.2, -0.15) is 0 Å². The van der Waals surface area contributed by atoms with Crippen LogP contribution in [0.1, 0.15) is 11.1 Å². The second kappa shape index (κ2) is 7.30. The lowest BCUT2D eigenvalue weighted by atomic mass is 9.96. The van der Waals surface area contributed by atoms with Crippen molar-refractivity contribution in [3.63, 3.8) is 0 Å². The Hall–Kier alpha value is -2.55. The van der Waals surface area contributed by atoms with E-state index in [2.05, 4.69) is 35.7 Å². The first kappa shape index (κ1) is 19.4. The Bertz CT molecular complexity index is 1250. The number of rotatable bonds is 4.